The maximum atomic E-state index is 12.7. The number of hydrogen-bond acceptors (Lipinski definition) is 3. The molecule has 2 unspecified atom stereocenters. The maximum absolute atomic E-state index is 12.7. The van der Waals surface area contributed by atoms with E-state index < -0.39 is 17.3 Å². The van der Waals surface area contributed by atoms with Crippen LogP contribution in [-0.2, 0) is 6.18 Å². The van der Waals surface area contributed by atoms with Crippen LogP contribution in [0.1, 0.15) is 36.8 Å². The third kappa shape index (κ3) is 3.67. The molecule has 0 heterocycles. The predicted octanol–water partition coefficient (Wildman–Crippen LogP) is 3.49. The number of benzene rings is 1. The van der Waals surface area contributed by atoms with E-state index in [4.69, 9.17) is 10.00 Å². The first-order chi connectivity index (χ1) is 9.95. The molecule has 1 aromatic rings. The molecule has 1 aliphatic rings. The number of rotatable bonds is 3. The van der Waals surface area contributed by atoms with Crippen LogP contribution in [0.15, 0.2) is 18.2 Å². The number of nitrogens with zero attached hydrogens (tertiary/aromatic N) is 1. The Morgan fingerprint density at radius 2 is 2.00 bits per heavy atom. The Morgan fingerprint density at radius 1 is 1.29 bits per heavy atom. The van der Waals surface area contributed by atoms with E-state index in [0.717, 1.165) is 31.7 Å². The number of nitrogens with one attached hydrogen (secondary N) is 1. The predicted molar refractivity (Wildman–Crippen MR) is 71.9 cm³/mol. The lowest BCUT2D eigenvalue weighted by molar-refractivity contribution is -0.137. The van der Waals surface area contributed by atoms with Crippen molar-refractivity contribution in [3.63, 3.8) is 0 Å². The summed E-state index contributed by atoms with van der Waals surface area (Å²) in [4.78, 5) is 0. The van der Waals surface area contributed by atoms with Gasteiger partial charge in [0.2, 0.25) is 0 Å². The number of ether oxygens (including phenoxy) is 1. The van der Waals surface area contributed by atoms with Gasteiger partial charge >= 0.3 is 6.18 Å². The fourth-order valence-corrected chi connectivity index (χ4v) is 2.68. The molecule has 114 valence electrons. The van der Waals surface area contributed by atoms with E-state index in [1.54, 1.807) is 6.07 Å². The molecule has 6 heteroatoms. The molecule has 0 aliphatic heterocycles. The highest BCUT2D eigenvalue weighted by atomic mass is 19.4. The summed E-state index contributed by atoms with van der Waals surface area (Å²) in [5.41, 5.74) is -1.33. The summed E-state index contributed by atoms with van der Waals surface area (Å²) in [5.74, 6) is 0.312. The van der Waals surface area contributed by atoms with Crippen LogP contribution in [0.3, 0.4) is 0 Å². The van der Waals surface area contributed by atoms with Gasteiger partial charge in [0.25, 0.3) is 0 Å². The molecule has 2 atom stereocenters. The number of hydrogen-bond donors (Lipinski definition) is 1. The summed E-state index contributed by atoms with van der Waals surface area (Å²) in [6.07, 6.45) is -0.619. The fraction of sp³-hybridized carbons (Fsp3) is 0.533. The number of nitriles is 1. The van der Waals surface area contributed by atoms with E-state index in [2.05, 4.69) is 5.32 Å². The SMILES string of the molecule is CNC1CCCCC1Oc1ccc(C(F)(F)F)c(C#N)c1. The fourth-order valence-electron chi connectivity index (χ4n) is 2.68. The monoisotopic (exact) mass is 298 g/mol. The molecular weight excluding hydrogens is 281 g/mol. The Bertz CT molecular complexity index is 537. The highest BCUT2D eigenvalue weighted by Crippen LogP contribution is 2.34. The van der Waals surface area contributed by atoms with E-state index in [1.165, 1.54) is 12.1 Å². The van der Waals surface area contributed by atoms with Crippen LogP contribution in [0.5, 0.6) is 5.75 Å². The molecule has 0 amide bonds. The zero-order valence-corrected chi connectivity index (χ0v) is 11.7. The number of halogens is 3. The van der Waals surface area contributed by atoms with Crippen molar-refractivity contribution in [2.45, 2.75) is 44.0 Å². The third-order valence-corrected chi connectivity index (χ3v) is 3.78. The summed E-state index contributed by atoms with van der Waals surface area (Å²) in [6.45, 7) is 0. The van der Waals surface area contributed by atoms with Crippen LogP contribution in [0.25, 0.3) is 0 Å². The lowest BCUT2D eigenvalue weighted by Gasteiger charge is -2.31. The van der Waals surface area contributed by atoms with Crippen LogP contribution in [0.2, 0.25) is 0 Å². The van der Waals surface area contributed by atoms with Gasteiger partial charge in [-0.1, -0.05) is 6.42 Å². The minimum absolute atomic E-state index is 0.0768. The van der Waals surface area contributed by atoms with Gasteiger partial charge in [-0.15, -0.1) is 0 Å². The van der Waals surface area contributed by atoms with Crippen molar-refractivity contribution in [3.05, 3.63) is 29.3 Å². The summed E-state index contributed by atoms with van der Waals surface area (Å²) in [5, 5.41) is 12.1. The van der Waals surface area contributed by atoms with Gasteiger partial charge in [0.1, 0.15) is 11.9 Å². The van der Waals surface area contributed by atoms with Crippen LogP contribution in [0, 0.1) is 11.3 Å². The quantitative estimate of drug-likeness (QED) is 0.929. The largest absolute Gasteiger partial charge is 0.489 e. The van der Waals surface area contributed by atoms with Crippen LogP contribution < -0.4 is 10.1 Å². The number of likely N-dealkylation sites (N-methyl/N-ethyl adjacent to an activating group) is 1. The van der Waals surface area contributed by atoms with E-state index in [1.807, 2.05) is 7.05 Å². The topological polar surface area (TPSA) is 45.0 Å². The molecule has 0 spiro atoms. The van der Waals surface area contributed by atoms with E-state index in [0.29, 0.717) is 5.75 Å². The van der Waals surface area contributed by atoms with Gasteiger partial charge in [-0.3, -0.25) is 0 Å². The summed E-state index contributed by atoms with van der Waals surface area (Å²) < 4.78 is 44.0. The molecule has 1 aliphatic carbocycles. The van der Waals surface area contributed by atoms with Crippen molar-refractivity contribution in [3.8, 4) is 11.8 Å². The summed E-state index contributed by atoms with van der Waals surface area (Å²) >= 11 is 0. The molecular formula is C15H17F3N2O. The Balaban J connectivity index is 2.20. The van der Waals surface area contributed by atoms with Gasteiger partial charge in [0.15, 0.2) is 0 Å². The molecule has 3 nitrogen and oxygen atoms in total. The Hall–Kier alpha value is -1.74. The first-order valence-electron chi connectivity index (χ1n) is 6.91. The van der Waals surface area contributed by atoms with Gasteiger partial charge in [0, 0.05) is 6.04 Å². The summed E-state index contributed by atoms with van der Waals surface area (Å²) in [6, 6.07) is 5.14. The first kappa shape index (κ1) is 15.6. The summed E-state index contributed by atoms with van der Waals surface area (Å²) in [7, 11) is 1.85. The van der Waals surface area contributed by atoms with Gasteiger partial charge in [0.05, 0.1) is 17.2 Å². The van der Waals surface area contributed by atoms with Gasteiger partial charge in [-0.25, -0.2) is 0 Å². The second-order valence-corrected chi connectivity index (χ2v) is 5.15. The Morgan fingerprint density at radius 3 is 2.62 bits per heavy atom. The Labute approximate surface area is 121 Å². The molecule has 21 heavy (non-hydrogen) atoms. The van der Waals surface area contributed by atoms with Crippen LogP contribution in [-0.4, -0.2) is 19.2 Å². The lowest BCUT2D eigenvalue weighted by atomic mass is 9.92. The molecule has 0 radical (unpaired) electrons. The number of alkyl halides is 3. The molecule has 1 aromatic carbocycles. The van der Waals surface area contributed by atoms with Crippen molar-refractivity contribution in [1.29, 1.82) is 5.26 Å². The standard InChI is InChI=1S/C15H17F3N2O/c1-20-13-4-2-3-5-14(13)21-11-6-7-12(15(16,17)18)10(8-11)9-19/h6-8,13-14,20H,2-5H2,1H3. The smallest absolute Gasteiger partial charge is 0.417 e. The zero-order chi connectivity index (χ0) is 15.5. The maximum Gasteiger partial charge on any atom is 0.417 e. The second-order valence-electron chi connectivity index (χ2n) is 5.15. The van der Waals surface area contributed by atoms with Gasteiger partial charge in [-0.05, 0) is 44.5 Å². The zero-order valence-electron chi connectivity index (χ0n) is 11.7. The van der Waals surface area contributed by atoms with Gasteiger partial charge < -0.3 is 10.1 Å². The molecule has 0 aromatic heterocycles. The van der Waals surface area contributed by atoms with Crippen molar-refractivity contribution < 1.29 is 17.9 Å². The average Bonchev–Trinajstić information content (AvgIpc) is 2.46. The molecule has 0 saturated heterocycles. The average molecular weight is 298 g/mol. The van der Waals surface area contributed by atoms with E-state index in [9.17, 15) is 13.2 Å². The van der Waals surface area contributed by atoms with Crippen molar-refractivity contribution in [2.75, 3.05) is 7.05 Å². The van der Waals surface area contributed by atoms with Crippen molar-refractivity contribution in [2.24, 2.45) is 0 Å². The highest BCUT2D eigenvalue weighted by molar-refractivity contribution is 5.44. The highest BCUT2D eigenvalue weighted by Gasteiger charge is 2.34. The first-order valence-corrected chi connectivity index (χ1v) is 6.91. The van der Waals surface area contributed by atoms with Crippen molar-refractivity contribution in [1.82, 2.24) is 5.32 Å². The minimum Gasteiger partial charge on any atom is -0.489 e. The third-order valence-electron chi connectivity index (χ3n) is 3.78. The molecule has 1 saturated carbocycles. The van der Waals surface area contributed by atoms with E-state index in [-0.39, 0.29) is 12.1 Å². The van der Waals surface area contributed by atoms with Crippen molar-refractivity contribution >= 4 is 0 Å². The molecule has 1 fully saturated rings. The Kier molecular flexibility index (Phi) is 4.73. The molecule has 0 bridgehead atoms. The molecule has 2 rings (SSSR count). The van der Waals surface area contributed by atoms with Gasteiger partial charge in [-0.2, -0.15) is 18.4 Å². The minimum atomic E-state index is -4.53. The van der Waals surface area contributed by atoms with E-state index >= 15 is 0 Å². The van der Waals surface area contributed by atoms with Crippen LogP contribution >= 0.6 is 0 Å². The second kappa shape index (κ2) is 6.35. The van der Waals surface area contributed by atoms with Crippen LogP contribution in [0.4, 0.5) is 13.2 Å². The normalized spacial score (nSPS) is 22.6. The lowest BCUT2D eigenvalue weighted by Crippen LogP contribution is -2.43. The molecule has 1 N–H and O–H groups in total.